The molecule has 0 spiro atoms. The van der Waals surface area contributed by atoms with Gasteiger partial charge in [-0.25, -0.2) is 0 Å². The lowest BCUT2D eigenvalue weighted by Gasteiger charge is -2.12. The van der Waals surface area contributed by atoms with E-state index in [2.05, 4.69) is 17.2 Å². The van der Waals surface area contributed by atoms with Crippen LogP contribution in [0, 0.1) is 11.8 Å². The highest BCUT2D eigenvalue weighted by atomic mass is 32.1. The molecule has 0 radical (unpaired) electrons. The highest BCUT2D eigenvalue weighted by Crippen LogP contribution is 2.15. The van der Waals surface area contributed by atoms with E-state index in [9.17, 15) is 4.79 Å². The number of furan rings is 1. The largest absolute Gasteiger partial charge is 0.469 e. The Morgan fingerprint density at radius 3 is 3.05 bits per heavy atom. The molecule has 0 saturated carbocycles. The second-order valence-corrected chi connectivity index (χ2v) is 5.70. The lowest BCUT2D eigenvalue weighted by molar-refractivity contribution is 0.0942. The van der Waals surface area contributed by atoms with Crippen molar-refractivity contribution in [2.75, 3.05) is 6.61 Å². The van der Waals surface area contributed by atoms with E-state index in [1.54, 1.807) is 18.4 Å². The van der Waals surface area contributed by atoms with Crippen LogP contribution in [0.3, 0.4) is 0 Å². The number of carbonyl (C=O) groups excluding carboxylic acids is 1. The maximum atomic E-state index is 12.1. The Hall–Kier alpha value is -2.03. The number of carbonyl (C=O) groups is 1. The lowest BCUT2D eigenvalue weighted by Crippen LogP contribution is -2.32. The standard InChI is InChI=1S/C16H17NO3S/c1-12(6-7-13-4-3-11-20-13)17-16(19)15-9-8-14(21-15)5-2-10-18/h3-4,8-9,11-12,18H,6-7,10H2,1H3,(H,17,19). The van der Waals surface area contributed by atoms with Crippen molar-refractivity contribution in [3.63, 3.8) is 0 Å². The second kappa shape index (κ2) is 7.67. The minimum Gasteiger partial charge on any atom is -0.469 e. The monoisotopic (exact) mass is 303 g/mol. The number of nitrogens with one attached hydrogen (secondary N) is 1. The fourth-order valence-corrected chi connectivity index (χ4v) is 2.62. The third-order valence-corrected chi connectivity index (χ3v) is 3.90. The molecule has 110 valence electrons. The van der Waals surface area contributed by atoms with Crippen molar-refractivity contribution in [2.45, 2.75) is 25.8 Å². The van der Waals surface area contributed by atoms with E-state index in [4.69, 9.17) is 9.52 Å². The number of aliphatic hydroxyl groups is 1. The van der Waals surface area contributed by atoms with E-state index < -0.39 is 0 Å². The summed E-state index contributed by atoms with van der Waals surface area (Å²) in [7, 11) is 0. The van der Waals surface area contributed by atoms with Gasteiger partial charge in [-0.2, -0.15) is 0 Å². The first-order valence-corrected chi connectivity index (χ1v) is 7.53. The Balaban J connectivity index is 1.84. The molecule has 2 aromatic rings. The molecule has 4 nitrogen and oxygen atoms in total. The Bertz CT molecular complexity index is 634. The molecule has 2 rings (SSSR count). The summed E-state index contributed by atoms with van der Waals surface area (Å²) in [5.41, 5.74) is 0. The summed E-state index contributed by atoms with van der Waals surface area (Å²) < 4.78 is 5.27. The zero-order chi connectivity index (χ0) is 15.1. The van der Waals surface area contributed by atoms with Crippen molar-refractivity contribution in [1.82, 2.24) is 5.32 Å². The predicted molar refractivity (Wildman–Crippen MR) is 82.2 cm³/mol. The van der Waals surface area contributed by atoms with Crippen molar-refractivity contribution in [2.24, 2.45) is 0 Å². The van der Waals surface area contributed by atoms with Crippen molar-refractivity contribution >= 4 is 17.2 Å². The van der Waals surface area contributed by atoms with Gasteiger partial charge in [0.25, 0.3) is 5.91 Å². The fourth-order valence-electron chi connectivity index (χ4n) is 1.83. The van der Waals surface area contributed by atoms with Gasteiger partial charge in [-0.1, -0.05) is 11.8 Å². The summed E-state index contributed by atoms with van der Waals surface area (Å²) in [6, 6.07) is 7.40. The SMILES string of the molecule is CC(CCc1ccco1)NC(=O)c1ccc(C#CCO)s1. The topological polar surface area (TPSA) is 62.5 Å². The van der Waals surface area contributed by atoms with Crippen LogP contribution in [0.15, 0.2) is 34.9 Å². The van der Waals surface area contributed by atoms with E-state index in [0.29, 0.717) is 4.88 Å². The minimum atomic E-state index is -0.177. The molecule has 0 fully saturated rings. The number of aliphatic hydroxyl groups excluding tert-OH is 1. The van der Waals surface area contributed by atoms with Crippen LogP contribution in [0.1, 0.15) is 33.7 Å². The number of hydrogen-bond acceptors (Lipinski definition) is 4. The van der Waals surface area contributed by atoms with Crippen LogP contribution in [0.4, 0.5) is 0 Å². The Morgan fingerprint density at radius 1 is 1.48 bits per heavy atom. The van der Waals surface area contributed by atoms with Crippen molar-refractivity contribution in [1.29, 1.82) is 0 Å². The van der Waals surface area contributed by atoms with Gasteiger partial charge >= 0.3 is 0 Å². The number of hydrogen-bond donors (Lipinski definition) is 2. The Morgan fingerprint density at radius 2 is 2.33 bits per heavy atom. The first-order chi connectivity index (χ1) is 10.2. The highest BCUT2D eigenvalue weighted by Gasteiger charge is 2.12. The molecule has 0 aliphatic heterocycles. The predicted octanol–water partition coefficient (Wildman–Crippen LogP) is 2.44. The molecule has 2 heterocycles. The van der Waals surface area contributed by atoms with E-state index >= 15 is 0 Å². The van der Waals surface area contributed by atoms with Gasteiger partial charge in [-0.3, -0.25) is 4.79 Å². The van der Waals surface area contributed by atoms with Crippen molar-refractivity contribution in [3.8, 4) is 11.8 Å². The summed E-state index contributed by atoms with van der Waals surface area (Å²) in [5, 5.41) is 11.6. The smallest absolute Gasteiger partial charge is 0.261 e. The van der Waals surface area contributed by atoms with E-state index in [1.807, 2.05) is 19.1 Å². The van der Waals surface area contributed by atoms with Crippen LogP contribution in [0.25, 0.3) is 0 Å². The first-order valence-electron chi connectivity index (χ1n) is 6.72. The maximum Gasteiger partial charge on any atom is 0.261 e. The minimum absolute atomic E-state index is 0.0664. The highest BCUT2D eigenvalue weighted by molar-refractivity contribution is 7.14. The average Bonchev–Trinajstić information content (AvgIpc) is 3.14. The number of rotatable bonds is 5. The van der Waals surface area contributed by atoms with Gasteiger partial charge in [0, 0.05) is 12.5 Å². The van der Waals surface area contributed by atoms with Crippen molar-refractivity contribution < 1.29 is 14.3 Å². The van der Waals surface area contributed by atoms with Crippen molar-refractivity contribution in [3.05, 3.63) is 46.0 Å². The van der Waals surface area contributed by atoms with Gasteiger partial charge in [-0.05, 0) is 37.6 Å². The van der Waals surface area contributed by atoms with Crippen LogP contribution in [-0.4, -0.2) is 23.7 Å². The van der Waals surface area contributed by atoms with Crippen LogP contribution < -0.4 is 5.32 Å². The summed E-state index contributed by atoms with van der Waals surface area (Å²) in [6.45, 7) is 1.80. The summed E-state index contributed by atoms with van der Waals surface area (Å²) >= 11 is 1.32. The van der Waals surface area contributed by atoms with Gasteiger partial charge in [0.05, 0.1) is 16.0 Å². The normalized spacial score (nSPS) is 11.5. The van der Waals surface area contributed by atoms with E-state index in [0.717, 1.165) is 23.5 Å². The molecule has 5 heteroatoms. The van der Waals surface area contributed by atoms with Gasteiger partial charge in [0.2, 0.25) is 0 Å². The number of thiophene rings is 1. The van der Waals surface area contributed by atoms with Crippen LogP contribution >= 0.6 is 11.3 Å². The molecular formula is C16H17NO3S. The molecule has 2 N–H and O–H groups in total. The molecule has 1 unspecified atom stereocenters. The molecule has 0 saturated heterocycles. The summed E-state index contributed by atoms with van der Waals surface area (Å²) in [4.78, 5) is 13.5. The summed E-state index contributed by atoms with van der Waals surface area (Å²) in [5.74, 6) is 6.19. The van der Waals surface area contributed by atoms with Crippen LogP contribution in [0.5, 0.6) is 0 Å². The molecule has 0 aliphatic carbocycles. The molecule has 1 atom stereocenters. The fraction of sp³-hybridized carbons (Fsp3) is 0.312. The van der Waals surface area contributed by atoms with Crippen LogP contribution in [0.2, 0.25) is 0 Å². The molecule has 0 aromatic carbocycles. The first kappa shape index (κ1) is 15.4. The molecule has 0 aliphatic rings. The van der Waals surface area contributed by atoms with Gasteiger partial charge in [0.15, 0.2) is 0 Å². The Kier molecular flexibility index (Phi) is 5.61. The zero-order valence-electron chi connectivity index (χ0n) is 11.8. The molecule has 0 bridgehead atoms. The molecule has 1 amide bonds. The molecule has 21 heavy (non-hydrogen) atoms. The van der Waals surface area contributed by atoms with Gasteiger partial charge < -0.3 is 14.8 Å². The summed E-state index contributed by atoms with van der Waals surface area (Å²) in [6.07, 6.45) is 3.27. The average molecular weight is 303 g/mol. The zero-order valence-corrected chi connectivity index (χ0v) is 12.6. The third kappa shape index (κ3) is 4.78. The maximum absolute atomic E-state index is 12.1. The van der Waals surface area contributed by atoms with Gasteiger partial charge in [0.1, 0.15) is 12.4 Å². The molecular weight excluding hydrogens is 286 g/mol. The van der Waals surface area contributed by atoms with Gasteiger partial charge in [-0.15, -0.1) is 11.3 Å². The second-order valence-electron chi connectivity index (χ2n) is 4.62. The lowest BCUT2D eigenvalue weighted by atomic mass is 10.1. The van der Waals surface area contributed by atoms with E-state index in [1.165, 1.54) is 11.3 Å². The third-order valence-electron chi connectivity index (χ3n) is 2.90. The van der Waals surface area contributed by atoms with Crippen LogP contribution in [-0.2, 0) is 6.42 Å². The quantitative estimate of drug-likeness (QED) is 0.834. The number of aryl methyl sites for hydroxylation is 1. The Labute approximate surface area is 127 Å². The number of amides is 1. The van der Waals surface area contributed by atoms with E-state index in [-0.39, 0.29) is 18.6 Å². The molecule has 2 aromatic heterocycles.